The summed E-state index contributed by atoms with van der Waals surface area (Å²) in [7, 11) is 3.16. The molecule has 0 spiro atoms. The number of rotatable bonds is 7. The molecule has 2 rings (SSSR count). The standard InChI is InChI=1S/C17H23NO5/c1-11(2)18-14(19)8-6-5-7-12-9-13-16(23-10-22-13)17(21-4)15(12)20-3/h6,8-9,11H,5,7,10H2,1-4H3,(H,18,19). The summed E-state index contributed by atoms with van der Waals surface area (Å²) in [5, 5.41) is 2.81. The number of allylic oxidation sites excluding steroid dienone is 1. The summed E-state index contributed by atoms with van der Waals surface area (Å²) < 4.78 is 21.7. The molecule has 1 N–H and O–H groups in total. The molecule has 23 heavy (non-hydrogen) atoms. The van der Waals surface area contributed by atoms with Crippen molar-refractivity contribution in [1.29, 1.82) is 0 Å². The zero-order chi connectivity index (χ0) is 16.8. The summed E-state index contributed by atoms with van der Waals surface area (Å²) in [6.45, 7) is 4.03. The van der Waals surface area contributed by atoms with E-state index in [-0.39, 0.29) is 18.7 Å². The summed E-state index contributed by atoms with van der Waals surface area (Å²) in [6, 6.07) is 2.02. The number of carbonyl (C=O) groups excluding carboxylic acids is 1. The van der Waals surface area contributed by atoms with Crippen molar-refractivity contribution < 1.29 is 23.7 Å². The van der Waals surface area contributed by atoms with Gasteiger partial charge >= 0.3 is 0 Å². The van der Waals surface area contributed by atoms with Crippen LogP contribution < -0.4 is 24.3 Å². The molecule has 0 atom stereocenters. The van der Waals surface area contributed by atoms with Crippen LogP contribution in [0.15, 0.2) is 18.2 Å². The lowest BCUT2D eigenvalue weighted by molar-refractivity contribution is -0.116. The van der Waals surface area contributed by atoms with E-state index in [1.807, 2.05) is 26.0 Å². The number of methoxy groups -OCH3 is 2. The number of fused-ring (bicyclic) bond motifs is 1. The number of hydrogen-bond acceptors (Lipinski definition) is 5. The van der Waals surface area contributed by atoms with Gasteiger partial charge in [0.2, 0.25) is 24.2 Å². The van der Waals surface area contributed by atoms with E-state index < -0.39 is 0 Å². The van der Waals surface area contributed by atoms with Crippen LogP contribution in [0.5, 0.6) is 23.0 Å². The smallest absolute Gasteiger partial charge is 0.243 e. The first-order valence-electron chi connectivity index (χ1n) is 7.57. The lowest BCUT2D eigenvalue weighted by atomic mass is 10.1. The second kappa shape index (κ2) is 7.76. The first kappa shape index (κ1) is 17.0. The Morgan fingerprint density at radius 3 is 2.70 bits per heavy atom. The van der Waals surface area contributed by atoms with E-state index in [2.05, 4.69) is 5.32 Å². The number of benzene rings is 1. The Hall–Kier alpha value is -2.37. The molecule has 0 saturated carbocycles. The van der Waals surface area contributed by atoms with Gasteiger partial charge in [0.1, 0.15) is 0 Å². The zero-order valence-corrected chi connectivity index (χ0v) is 14.0. The molecule has 1 amide bonds. The topological polar surface area (TPSA) is 66.0 Å². The van der Waals surface area contributed by atoms with E-state index in [0.29, 0.717) is 35.8 Å². The van der Waals surface area contributed by atoms with E-state index in [0.717, 1.165) is 5.56 Å². The maximum absolute atomic E-state index is 11.6. The van der Waals surface area contributed by atoms with E-state index >= 15 is 0 Å². The van der Waals surface area contributed by atoms with E-state index in [4.69, 9.17) is 18.9 Å². The van der Waals surface area contributed by atoms with Crippen LogP contribution in [0, 0.1) is 0 Å². The van der Waals surface area contributed by atoms with E-state index in [9.17, 15) is 4.79 Å². The SMILES string of the molecule is COc1c(CCC=CC(=O)NC(C)C)cc2c(c1OC)OCO2. The second-order valence-electron chi connectivity index (χ2n) is 5.44. The van der Waals surface area contributed by atoms with Crippen molar-refractivity contribution in [2.24, 2.45) is 0 Å². The van der Waals surface area contributed by atoms with Gasteiger partial charge in [0.25, 0.3) is 0 Å². The molecular weight excluding hydrogens is 298 g/mol. The molecule has 0 saturated heterocycles. The highest BCUT2D eigenvalue weighted by atomic mass is 16.7. The fourth-order valence-electron chi connectivity index (χ4n) is 2.40. The van der Waals surface area contributed by atoms with Gasteiger partial charge in [-0.05, 0) is 38.8 Å². The van der Waals surface area contributed by atoms with Crippen LogP contribution in [0.4, 0.5) is 0 Å². The van der Waals surface area contributed by atoms with E-state index in [1.165, 1.54) is 0 Å². The van der Waals surface area contributed by atoms with Gasteiger partial charge in [-0.2, -0.15) is 0 Å². The lowest BCUT2D eigenvalue weighted by Gasteiger charge is -2.14. The molecule has 1 aromatic rings. The summed E-state index contributed by atoms with van der Waals surface area (Å²) in [5.74, 6) is 2.31. The molecule has 0 bridgehead atoms. The number of aryl methyl sites for hydroxylation is 1. The van der Waals surface area contributed by atoms with Gasteiger partial charge in [-0.1, -0.05) is 6.08 Å². The fourth-order valence-corrected chi connectivity index (χ4v) is 2.40. The minimum absolute atomic E-state index is 0.0877. The molecular formula is C17H23NO5. The van der Waals surface area contributed by atoms with Crippen molar-refractivity contribution in [3.8, 4) is 23.0 Å². The molecule has 0 aromatic heterocycles. The van der Waals surface area contributed by atoms with Gasteiger partial charge in [0.05, 0.1) is 14.2 Å². The Labute approximate surface area is 136 Å². The maximum Gasteiger partial charge on any atom is 0.243 e. The fraction of sp³-hybridized carbons (Fsp3) is 0.471. The summed E-state index contributed by atoms with van der Waals surface area (Å²) in [5.41, 5.74) is 0.947. The summed E-state index contributed by atoms with van der Waals surface area (Å²) in [4.78, 5) is 11.6. The maximum atomic E-state index is 11.6. The first-order chi connectivity index (χ1) is 11.1. The highest BCUT2D eigenvalue weighted by Crippen LogP contribution is 2.49. The Bertz CT molecular complexity index is 595. The molecule has 0 unspecified atom stereocenters. The molecule has 0 fully saturated rings. The van der Waals surface area contributed by atoms with Crippen molar-refractivity contribution in [3.05, 3.63) is 23.8 Å². The molecule has 1 heterocycles. The molecule has 126 valence electrons. The van der Waals surface area contributed by atoms with Gasteiger partial charge in [-0.15, -0.1) is 0 Å². The monoisotopic (exact) mass is 321 g/mol. The average molecular weight is 321 g/mol. The molecule has 0 aliphatic carbocycles. The minimum atomic E-state index is -0.0877. The number of ether oxygens (including phenoxy) is 4. The third-order valence-electron chi connectivity index (χ3n) is 3.34. The molecule has 6 nitrogen and oxygen atoms in total. The Morgan fingerprint density at radius 1 is 1.30 bits per heavy atom. The van der Waals surface area contributed by atoms with Crippen LogP contribution in [-0.2, 0) is 11.2 Å². The van der Waals surface area contributed by atoms with Gasteiger partial charge < -0.3 is 24.3 Å². The lowest BCUT2D eigenvalue weighted by Crippen LogP contribution is -2.28. The van der Waals surface area contributed by atoms with Gasteiger partial charge in [0.15, 0.2) is 11.5 Å². The van der Waals surface area contributed by atoms with Crippen molar-refractivity contribution >= 4 is 5.91 Å². The molecule has 0 radical (unpaired) electrons. The van der Waals surface area contributed by atoms with E-state index in [1.54, 1.807) is 20.3 Å². The average Bonchev–Trinajstić information content (AvgIpc) is 2.97. The number of hydrogen-bond donors (Lipinski definition) is 1. The first-order valence-corrected chi connectivity index (χ1v) is 7.57. The van der Waals surface area contributed by atoms with Crippen LogP contribution in [0.3, 0.4) is 0 Å². The predicted molar refractivity (Wildman–Crippen MR) is 86.4 cm³/mol. The highest BCUT2D eigenvalue weighted by molar-refractivity contribution is 5.87. The predicted octanol–water partition coefficient (Wildman–Crippen LogP) is 2.45. The largest absolute Gasteiger partial charge is 0.492 e. The molecule has 1 aromatic carbocycles. The quantitative estimate of drug-likeness (QED) is 0.781. The Morgan fingerprint density at radius 2 is 2.04 bits per heavy atom. The number of carbonyl (C=O) groups is 1. The van der Waals surface area contributed by atoms with Crippen molar-refractivity contribution in [3.63, 3.8) is 0 Å². The van der Waals surface area contributed by atoms with Gasteiger partial charge in [0, 0.05) is 11.6 Å². The summed E-state index contributed by atoms with van der Waals surface area (Å²) in [6.07, 6.45) is 4.79. The second-order valence-corrected chi connectivity index (χ2v) is 5.44. The Kier molecular flexibility index (Phi) is 5.73. The van der Waals surface area contributed by atoms with Crippen LogP contribution in [0.2, 0.25) is 0 Å². The van der Waals surface area contributed by atoms with Crippen molar-refractivity contribution in [2.45, 2.75) is 32.7 Å². The number of amides is 1. The van der Waals surface area contributed by atoms with Gasteiger partial charge in [-0.25, -0.2) is 0 Å². The van der Waals surface area contributed by atoms with Crippen LogP contribution in [0.1, 0.15) is 25.8 Å². The zero-order valence-electron chi connectivity index (χ0n) is 14.0. The van der Waals surface area contributed by atoms with Gasteiger partial charge in [-0.3, -0.25) is 4.79 Å². The Balaban J connectivity index is 2.08. The molecule has 1 aliphatic rings. The van der Waals surface area contributed by atoms with Crippen LogP contribution in [0.25, 0.3) is 0 Å². The highest BCUT2D eigenvalue weighted by Gasteiger charge is 2.25. The van der Waals surface area contributed by atoms with Crippen molar-refractivity contribution in [1.82, 2.24) is 5.32 Å². The minimum Gasteiger partial charge on any atom is -0.492 e. The third-order valence-corrected chi connectivity index (χ3v) is 3.34. The third kappa shape index (κ3) is 4.09. The number of nitrogens with one attached hydrogen (secondary N) is 1. The van der Waals surface area contributed by atoms with Crippen LogP contribution in [-0.4, -0.2) is 33.0 Å². The molecule has 6 heteroatoms. The normalized spacial score (nSPS) is 12.7. The van der Waals surface area contributed by atoms with Crippen LogP contribution >= 0.6 is 0 Å². The summed E-state index contributed by atoms with van der Waals surface area (Å²) >= 11 is 0. The van der Waals surface area contributed by atoms with Crippen molar-refractivity contribution in [2.75, 3.05) is 21.0 Å². The molecule has 1 aliphatic heterocycles.